The first-order valence-electron chi connectivity index (χ1n) is 10.3. The van der Waals surface area contributed by atoms with Crippen LogP contribution in [0.2, 0.25) is 5.02 Å². The summed E-state index contributed by atoms with van der Waals surface area (Å²) in [6.07, 6.45) is 2.66. The highest BCUT2D eigenvalue weighted by atomic mass is 35.5. The first-order chi connectivity index (χ1) is 16.1. The Bertz CT molecular complexity index is 1230. The number of hydrogen-bond donors (Lipinski definition) is 2. The number of carbonyl (C=O) groups is 1. The van der Waals surface area contributed by atoms with Gasteiger partial charge in [-0.2, -0.15) is 5.26 Å². The number of nitriles is 1. The Kier molecular flexibility index (Phi) is 6.83. The van der Waals surface area contributed by atoms with Crippen molar-refractivity contribution < 1.29 is 9.53 Å². The van der Waals surface area contributed by atoms with Crippen LogP contribution in [0.4, 0.5) is 23.0 Å². The van der Waals surface area contributed by atoms with E-state index in [0.717, 1.165) is 30.5 Å². The molecule has 0 bridgehead atoms. The van der Waals surface area contributed by atoms with Crippen LogP contribution in [-0.4, -0.2) is 42.2 Å². The fraction of sp³-hybridized carbons (Fsp3) is 0.167. The molecule has 1 amide bonds. The van der Waals surface area contributed by atoms with Crippen LogP contribution >= 0.6 is 11.6 Å². The van der Waals surface area contributed by atoms with Gasteiger partial charge in [0.05, 0.1) is 41.8 Å². The lowest BCUT2D eigenvalue weighted by molar-refractivity contribution is -0.111. The van der Waals surface area contributed by atoms with Crippen LogP contribution in [0, 0.1) is 11.3 Å². The molecule has 1 aromatic heterocycles. The van der Waals surface area contributed by atoms with E-state index in [1.165, 1.54) is 6.20 Å². The molecule has 2 N–H and O–H groups in total. The fourth-order valence-corrected chi connectivity index (χ4v) is 3.66. The van der Waals surface area contributed by atoms with Gasteiger partial charge in [-0.25, -0.2) is 9.97 Å². The maximum absolute atomic E-state index is 11.7. The van der Waals surface area contributed by atoms with Crippen molar-refractivity contribution >= 4 is 40.5 Å². The van der Waals surface area contributed by atoms with Gasteiger partial charge < -0.3 is 20.3 Å². The van der Waals surface area contributed by atoms with Gasteiger partial charge in [-0.15, -0.1) is 0 Å². The number of hydrogen-bond acceptors (Lipinski definition) is 7. The van der Waals surface area contributed by atoms with Crippen molar-refractivity contribution in [2.45, 2.75) is 0 Å². The molecule has 0 spiro atoms. The zero-order valence-electron chi connectivity index (χ0n) is 17.7. The highest BCUT2D eigenvalue weighted by Gasteiger charge is 2.14. The summed E-state index contributed by atoms with van der Waals surface area (Å²) in [6.45, 7) is 6.54. The molecule has 3 aromatic rings. The van der Waals surface area contributed by atoms with Crippen LogP contribution < -0.4 is 15.5 Å². The number of nitrogens with one attached hydrogen (secondary N) is 2. The van der Waals surface area contributed by atoms with E-state index in [4.69, 9.17) is 16.3 Å². The third-order valence-corrected chi connectivity index (χ3v) is 5.29. The highest BCUT2D eigenvalue weighted by molar-refractivity contribution is 6.33. The summed E-state index contributed by atoms with van der Waals surface area (Å²) in [6, 6.07) is 15.0. The molecule has 2 aromatic carbocycles. The number of benzene rings is 2. The summed E-state index contributed by atoms with van der Waals surface area (Å²) in [5.74, 6) is -0.0279. The average molecular weight is 461 g/mol. The number of morpholine rings is 1. The molecule has 0 saturated carbocycles. The van der Waals surface area contributed by atoms with E-state index in [1.54, 1.807) is 18.2 Å². The van der Waals surface area contributed by atoms with Gasteiger partial charge in [0.2, 0.25) is 11.9 Å². The molecule has 1 aliphatic heterocycles. The monoisotopic (exact) mass is 460 g/mol. The van der Waals surface area contributed by atoms with Crippen LogP contribution in [0.1, 0.15) is 5.56 Å². The number of nitrogens with zero attached hydrogens (tertiary/aromatic N) is 4. The minimum atomic E-state index is -0.382. The number of amides is 1. The quantitative estimate of drug-likeness (QED) is 0.526. The highest BCUT2D eigenvalue weighted by Crippen LogP contribution is 2.30. The lowest BCUT2D eigenvalue weighted by atomic mass is 10.1. The zero-order valence-corrected chi connectivity index (χ0v) is 18.5. The summed E-state index contributed by atoms with van der Waals surface area (Å²) in [5.41, 5.74) is 3.72. The molecule has 9 heteroatoms. The van der Waals surface area contributed by atoms with E-state index in [9.17, 15) is 10.1 Å². The van der Waals surface area contributed by atoms with Crippen molar-refractivity contribution in [2.75, 3.05) is 41.8 Å². The van der Waals surface area contributed by atoms with Gasteiger partial charge in [-0.3, -0.25) is 4.79 Å². The average Bonchev–Trinajstić information content (AvgIpc) is 2.85. The molecular formula is C24H21ClN6O2. The van der Waals surface area contributed by atoms with Gasteiger partial charge in [-0.05, 0) is 42.5 Å². The van der Waals surface area contributed by atoms with Crippen molar-refractivity contribution in [1.29, 1.82) is 5.26 Å². The maximum atomic E-state index is 11.7. The van der Waals surface area contributed by atoms with Crippen molar-refractivity contribution in [3.8, 4) is 17.3 Å². The summed E-state index contributed by atoms with van der Waals surface area (Å²) in [5, 5.41) is 15.6. The van der Waals surface area contributed by atoms with Crippen LogP contribution in [-0.2, 0) is 9.53 Å². The van der Waals surface area contributed by atoms with E-state index in [-0.39, 0.29) is 5.91 Å². The second-order valence-corrected chi connectivity index (χ2v) is 7.68. The second-order valence-electron chi connectivity index (χ2n) is 7.27. The summed E-state index contributed by atoms with van der Waals surface area (Å²) >= 11 is 6.38. The lowest BCUT2D eigenvalue weighted by Gasteiger charge is -2.29. The Hall–Kier alpha value is -3.93. The second kappa shape index (κ2) is 10.1. The summed E-state index contributed by atoms with van der Waals surface area (Å²) in [4.78, 5) is 22.8. The molecule has 1 fully saturated rings. The third-order valence-electron chi connectivity index (χ3n) is 5.01. The van der Waals surface area contributed by atoms with Gasteiger partial charge in [0.15, 0.2) is 0 Å². The lowest BCUT2D eigenvalue weighted by Crippen LogP contribution is -2.36. The van der Waals surface area contributed by atoms with Gasteiger partial charge >= 0.3 is 0 Å². The number of aromatic nitrogens is 2. The van der Waals surface area contributed by atoms with Crippen molar-refractivity contribution in [2.24, 2.45) is 0 Å². The van der Waals surface area contributed by atoms with Gasteiger partial charge in [-0.1, -0.05) is 24.2 Å². The molecule has 4 rings (SSSR count). The third kappa shape index (κ3) is 5.47. The Balaban J connectivity index is 1.63. The zero-order chi connectivity index (χ0) is 23.2. The predicted octanol–water partition coefficient (Wildman–Crippen LogP) is 4.37. The Labute approximate surface area is 196 Å². The van der Waals surface area contributed by atoms with Crippen LogP contribution in [0.3, 0.4) is 0 Å². The Morgan fingerprint density at radius 1 is 1.21 bits per heavy atom. The number of anilines is 4. The predicted molar refractivity (Wildman–Crippen MR) is 129 cm³/mol. The molecule has 33 heavy (non-hydrogen) atoms. The molecule has 2 heterocycles. The van der Waals surface area contributed by atoms with E-state index in [2.05, 4.69) is 44.2 Å². The van der Waals surface area contributed by atoms with E-state index < -0.39 is 0 Å². The van der Waals surface area contributed by atoms with Crippen molar-refractivity contribution in [3.05, 3.63) is 71.9 Å². The molecule has 0 atom stereocenters. The van der Waals surface area contributed by atoms with Crippen LogP contribution in [0.25, 0.3) is 11.3 Å². The normalized spacial score (nSPS) is 13.2. The largest absolute Gasteiger partial charge is 0.378 e. The standard InChI is InChI=1S/C24H21ClN6O2/c1-2-22(32)28-19-11-16(14-26)10-17(12-19)23-21(25)15-27-24(30-23)29-18-4-3-5-20(13-18)31-6-8-33-9-7-31/h2-5,10-13,15H,1,6-9H2,(H,28,32)(H,27,29,30). The first-order valence-corrected chi connectivity index (χ1v) is 10.6. The summed E-state index contributed by atoms with van der Waals surface area (Å²) < 4.78 is 5.43. The molecule has 8 nitrogen and oxygen atoms in total. The van der Waals surface area contributed by atoms with Gasteiger partial charge in [0.1, 0.15) is 0 Å². The molecule has 166 valence electrons. The smallest absolute Gasteiger partial charge is 0.247 e. The van der Waals surface area contributed by atoms with Crippen LogP contribution in [0.15, 0.2) is 61.3 Å². The number of rotatable bonds is 6. The fourth-order valence-electron chi connectivity index (χ4n) is 3.46. The SMILES string of the molecule is C=CC(=O)Nc1cc(C#N)cc(-c2nc(Nc3cccc(N4CCOCC4)c3)ncc2Cl)c1. The maximum Gasteiger partial charge on any atom is 0.247 e. The summed E-state index contributed by atoms with van der Waals surface area (Å²) in [7, 11) is 0. The molecule has 0 radical (unpaired) electrons. The number of halogens is 1. The number of carbonyl (C=O) groups excluding carboxylic acids is 1. The topological polar surface area (TPSA) is 103 Å². The van der Waals surface area contributed by atoms with Gasteiger partial charge in [0, 0.05) is 35.7 Å². The molecule has 1 aliphatic rings. The Morgan fingerprint density at radius 3 is 2.79 bits per heavy atom. The Morgan fingerprint density at radius 2 is 2.03 bits per heavy atom. The number of ether oxygens (including phenoxy) is 1. The molecular weight excluding hydrogens is 440 g/mol. The van der Waals surface area contributed by atoms with Crippen molar-refractivity contribution in [1.82, 2.24) is 9.97 Å². The molecule has 0 aliphatic carbocycles. The van der Waals surface area contributed by atoms with E-state index in [1.807, 2.05) is 18.2 Å². The van der Waals surface area contributed by atoms with E-state index in [0.29, 0.717) is 46.7 Å². The van der Waals surface area contributed by atoms with Gasteiger partial charge in [0.25, 0.3) is 0 Å². The minimum Gasteiger partial charge on any atom is -0.378 e. The van der Waals surface area contributed by atoms with Crippen molar-refractivity contribution in [3.63, 3.8) is 0 Å². The molecule has 1 saturated heterocycles. The molecule has 0 unspecified atom stereocenters. The van der Waals surface area contributed by atoms with E-state index >= 15 is 0 Å². The minimum absolute atomic E-state index is 0.318. The van der Waals surface area contributed by atoms with Crippen LogP contribution in [0.5, 0.6) is 0 Å². The first kappa shape index (κ1) is 22.3.